The molecule has 0 aromatic carbocycles. The van der Waals surface area contributed by atoms with E-state index in [4.69, 9.17) is 19.7 Å². The van der Waals surface area contributed by atoms with Crippen LogP contribution in [0.2, 0.25) is 0 Å². The molecule has 2 aliphatic rings. The SMILES string of the molecule is CCN1CC2=C(/C=C/c3n[nH]c4cnc(cc34)-c3c(C)nn(C)c3OC(C)C1)C(OCC#N)NN2CCO. The molecule has 5 rings (SSSR count). The molecule has 2 unspecified atom stereocenters. The van der Waals surface area contributed by atoms with Crippen LogP contribution in [0.4, 0.5) is 0 Å². The van der Waals surface area contributed by atoms with Gasteiger partial charge in [-0.1, -0.05) is 13.0 Å². The van der Waals surface area contributed by atoms with Crippen molar-refractivity contribution in [2.75, 3.05) is 39.4 Å². The molecule has 0 spiro atoms. The molecule has 2 atom stereocenters. The first-order chi connectivity index (χ1) is 18.4. The van der Waals surface area contributed by atoms with Gasteiger partial charge >= 0.3 is 0 Å². The number of hydrogen-bond acceptors (Lipinski definition) is 10. The van der Waals surface area contributed by atoms with Crippen molar-refractivity contribution in [3.8, 4) is 23.2 Å². The maximum Gasteiger partial charge on any atom is 0.221 e. The van der Waals surface area contributed by atoms with Crippen LogP contribution in [0.3, 0.4) is 0 Å². The topological polar surface area (TPSA) is 140 Å². The lowest BCUT2D eigenvalue weighted by Gasteiger charge is -2.29. The molecule has 0 saturated carbocycles. The minimum Gasteiger partial charge on any atom is -0.473 e. The number of nitrogens with one attached hydrogen (secondary N) is 2. The predicted molar refractivity (Wildman–Crippen MR) is 141 cm³/mol. The van der Waals surface area contributed by atoms with Crippen LogP contribution in [-0.2, 0) is 11.8 Å². The third-order valence-corrected chi connectivity index (χ3v) is 6.82. The first kappa shape index (κ1) is 25.9. The van der Waals surface area contributed by atoms with Gasteiger partial charge in [-0.05, 0) is 32.5 Å². The van der Waals surface area contributed by atoms with Gasteiger partial charge in [-0.3, -0.25) is 15.0 Å². The Hall–Kier alpha value is -3.76. The zero-order valence-corrected chi connectivity index (χ0v) is 22.1. The summed E-state index contributed by atoms with van der Waals surface area (Å²) in [5.41, 5.74) is 9.15. The van der Waals surface area contributed by atoms with Gasteiger partial charge in [0, 0.05) is 31.1 Å². The van der Waals surface area contributed by atoms with Crippen molar-refractivity contribution in [1.29, 1.82) is 5.26 Å². The van der Waals surface area contributed by atoms with Gasteiger partial charge in [0.1, 0.15) is 12.7 Å². The second-order valence-electron chi connectivity index (χ2n) is 9.46. The van der Waals surface area contributed by atoms with Crippen LogP contribution >= 0.6 is 0 Å². The van der Waals surface area contributed by atoms with Gasteiger partial charge in [-0.15, -0.1) is 0 Å². The van der Waals surface area contributed by atoms with Crippen LogP contribution < -0.4 is 10.2 Å². The van der Waals surface area contributed by atoms with Gasteiger partial charge in [0.15, 0.2) is 6.23 Å². The van der Waals surface area contributed by atoms with E-state index in [1.165, 1.54) is 0 Å². The summed E-state index contributed by atoms with van der Waals surface area (Å²) in [6, 6.07) is 4.05. The molecule has 3 aromatic heterocycles. The quantitative estimate of drug-likeness (QED) is 0.456. The average molecular weight is 520 g/mol. The number of ether oxygens (including phenoxy) is 2. The van der Waals surface area contributed by atoms with E-state index in [1.54, 1.807) is 10.9 Å². The van der Waals surface area contributed by atoms with Crippen LogP contribution in [0.5, 0.6) is 5.88 Å². The molecule has 0 aliphatic carbocycles. The van der Waals surface area contributed by atoms with Crippen LogP contribution in [0.25, 0.3) is 28.2 Å². The number of likely N-dealkylation sites (N-methyl/N-ethyl adjacent to an activating group) is 1. The zero-order chi connectivity index (χ0) is 26.8. The van der Waals surface area contributed by atoms with Crippen LogP contribution in [-0.4, -0.2) is 91.7 Å². The number of hydrogen-bond donors (Lipinski definition) is 3. The molecule has 2 aliphatic heterocycles. The summed E-state index contributed by atoms with van der Waals surface area (Å²) in [5.74, 6) is 0.669. The molecule has 12 nitrogen and oxygen atoms in total. The Kier molecular flexibility index (Phi) is 7.44. The highest BCUT2D eigenvalue weighted by atomic mass is 16.5. The summed E-state index contributed by atoms with van der Waals surface area (Å²) in [5, 5.41) is 33.9. The van der Waals surface area contributed by atoms with E-state index in [0.29, 0.717) is 25.5 Å². The second kappa shape index (κ2) is 10.9. The van der Waals surface area contributed by atoms with Crippen molar-refractivity contribution in [3.05, 3.63) is 41.0 Å². The molecular weight excluding hydrogens is 486 g/mol. The highest BCUT2D eigenvalue weighted by Crippen LogP contribution is 2.35. The highest BCUT2D eigenvalue weighted by Gasteiger charge is 2.32. The zero-order valence-electron chi connectivity index (χ0n) is 22.1. The van der Waals surface area contributed by atoms with E-state index in [2.05, 4.69) is 32.5 Å². The van der Waals surface area contributed by atoms with Gasteiger partial charge in [-0.2, -0.15) is 15.5 Å². The molecular formula is C26H33N9O3. The number of hydrazine groups is 1. The summed E-state index contributed by atoms with van der Waals surface area (Å²) in [6.07, 6.45) is 5.01. The lowest BCUT2D eigenvalue weighted by molar-refractivity contribution is 0.0391. The number of nitriles is 1. The number of β-amino-alcohol motifs (C(OH)–C–C–N with tert-alkyl or cyclic N) is 1. The maximum atomic E-state index is 9.75. The van der Waals surface area contributed by atoms with Crippen molar-refractivity contribution >= 4 is 17.0 Å². The molecule has 38 heavy (non-hydrogen) atoms. The van der Waals surface area contributed by atoms with E-state index < -0.39 is 6.23 Å². The van der Waals surface area contributed by atoms with Gasteiger partial charge < -0.3 is 19.6 Å². The third-order valence-electron chi connectivity index (χ3n) is 6.82. The molecule has 0 saturated heterocycles. The normalized spacial score (nSPS) is 21.1. The average Bonchev–Trinajstić information content (AvgIpc) is 3.53. The lowest BCUT2D eigenvalue weighted by atomic mass is 10.1. The van der Waals surface area contributed by atoms with E-state index in [9.17, 15) is 5.11 Å². The van der Waals surface area contributed by atoms with Crippen molar-refractivity contribution in [3.63, 3.8) is 0 Å². The Morgan fingerprint density at radius 1 is 1.34 bits per heavy atom. The Morgan fingerprint density at radius 2 is 2.18 bits per heavy atom. The Morgan fingerprint density at radius 3 is 2.95 bits per heavy atom. The fourth-order valence-corrected chi connectivity index (χ4v) is 5.05. The highest BCUT2D eigenvalue weighted by molar-refractivity contribution is 5.90. The van der Waals surface area contributed by atoms with Crippen molar-refractivity contribution in [1.82, 2.24) is 40.3 Å². The molecule has 3 N–H and O–H groups in total. The molecule has 5 heterocycles. The van der Waals surface area contributed by atoms with Crippen molar-refractivity contribution in [2.24, 2.45) is 7.05 Å². The monoisotopic (exact) mass is 519 g/mol. The number of rotatable bonds is 5. The number of pyridine rings is 1. The fourth-order valence-electron chi connectivity index (χ4n) is 5.05. The number of aromatic amines is 1. The van der Waals surface area contributed by atoms with Crippen molar-refractivity contribution < 1.29 is 14.6 Å². The molecule has 0 radical (unpaired) electrons. The standard InChI is InChI=1S/C26H33N9O3/c1-5-34-14-16(2)38-26-24(17(3)31-33(26)4)21-12-19-20(29-30-22(19)13-28-21)7-6-18-23(15-34)35(9-10-36)32-25(18)37-11-8-27/h6-7,12-13,16,25,32,36H,5,9-11,14-15H2,1-4H3,(H,29,30)/b7-6+. The Bertz CT molecular complexity index is 1420. The fraction of sp³-hybridized carbons (Fsp3) is 0.462. The number of aromatic nitrogens is 5. The largest absolute Gasteiger partial charge is 0.473 e. The predicted octanol–water partition coefficient (Wildman–Crippen LogP) is 1.72. The summed E-state index contributed by atoms with van der Waals surface area (Å²) < 4.78 is 14.1. The first-order valence-corrected chi connectivity index (χ1v) is 12.7. The molecule has 2 bridgehead atoms. The number of nitrogens with zero attached hydrogens (tertiary/aromatic N) is 7. The summed E-state index contributed by atoms with van der Waals surface area (Å²) in [4.78, 5) is 6.97. The number of aliphatic hydroxyl groups is 1. The first-order valence-electron chi connectivity index (χ1n) is 12.7. The van der Waals surface area contributed by atoms with Gasteiger partial charge in [0.2, 0.25) is 5.88 Å². The summed E-state index contributed by atoms with van der Waals surface area (Å²) in [7, 11) is 1.88. The number of aryl methyl sites for hydroxylation is 2. The van der Waals surface area contributed by atoms with E-state index in [1.807, 2.05) is 50.2 Å². The second-order valence-corrected chi connectivity index (χ2v) is 9.46. The van der Waals surface area contributed by atoms with Crippen molar-refractivity contribution in [2.45, 2.75) is 33.1 Å². The van der Waals surface area contributed by atoms with Gasteiger partial charge in [-0.25, -0.2) is 10.1 Å². The van der Waals surface area contributed by atoms with Crippen LogP contribution in [0.1, 0.15) is 25.2 Å². The maximum absolute atomic E-state index is 9.75. The van der Waals surface area contributed by atoms with Crippen LogP contribution in [0.15, 0.2) is 29.6 Å². The van der Waals surface area contributed by atoms with E-state index >= 15 is 0 Å². The molecule has 0 amide bonds. The smallest absolute Gasteiger partial charge is 0.221 e. The minimum absolute atomic E-state index is 0.0352. The van der Waals surface area contributed by atoms with Crippen LogP contribution in [0, 0.1) is 18.3 Å². The molecule has 0 fully saturated rings. The number of aliphatic hydroxyl groups excluding tert-OH is 1. The van der Waals surface area contributed by atoms with E-state index in [-0.39, 0.29) is 19.3 Å². The molecule has 200 valence electrons. The van der Waals surface area contributed by atoms with Gasteiger partial charge in [0.25, 0.3) is 0 Å². The minimum atomic E-state index is -0.532. The Balaban J connectivity index is 1.67. The number of H-pyrrole nitrogens is 1. The molecule has 12 heteroatoms. The summed E-state index contributed by atoms with van der Waals surface area (Å²) >= 11 is 0. The van der Waals surface area contributed by atoms with Gasteiger partial charge in [0.05, 0.1) is 59.3 Å². The van der Waals surface area contributed by atoms with E-state index in [0.717, 1.165) is 51.4 Å². The lowest BCUT2D eigenvalue weighted by Crippen LogP contribution is -2.43. The Labute approximate surface area is 221 Å². The molecule has 3 aromatic rings. The number of fused-ring (bicyclic) bond motifs is 3. The third kappa shape index (κ3) is 4.89. The summed E-state index contributed by atoms with van der Waals surface area (Å²) in [6.45, 7) is 8.41.